The third kappa shape index (κ3) is 3.91. The van der Waals surface area contributed by atoms with E-state index in [1.54, 1.807) is 0 Å². The number of amides is 2. The Balaban J connectivity index is 2.99. The minimum Gasteiger partial charge on any atom is -0.392 e. The van der Waals surface area contributed by atoms with Gasteiger partial charge in [0.05, 0.1) is 16.9 Å². The zero-order valence-electron chi connectivity index (χ0n) is 12.4. The van der Waals surface area contributed by atoms with Crippen molar-refractivity contribution >= 4 is 29.0 Å². The Hall–Kier alpha value is -1.17. The van der Waals surface area contributed by atoms with Gasteiger partial charge in [-0.25, -0.2) is 0 Å². The Morgan fingerprint density at radius 1 is 1.20 bits per heavy atom. The number of nitrogens with zero attached hydrogens (tertiary/aromatic N) is 1. The van der Waals surface area contributed by atoms with Crippen molar-refractivity contribution in [1.29, 1.82) is 0 Å². The lowest BCUT2D eigenvalue weighted by molar-refractivity contribution is -0.143. The quantitative estimate of drug-likeness (QED) is 0.721. The van der Waals surface area contributed by atoms with Crippen LogP contribution in [0.3, 0.4) is 0 Å². The van der Waals surface area contributed by atoms with Gasteiger partial charge in [0.1, 0.15) is 0 Å². The topological polar surface area (TPSA) is 89.4 Å². The average molecular weight is 299 g/mol. The second kappa shape index (κ2) is 7.02. The van der Waals surface area contributed by atoms with E-state index in [1.165, 1.54) is 4.90 Å². The van der Waals surface area contributed by atoms with Crippen molar-refractivity contribution in [1.82, 2.24) is 4.90 Å². The van der Waals surface area contributed by atoms with Crippen molar-refractivity contribution in [2.24, 2.45) is 22.8 Å². The summed E-state index contributed by atoms with van der Waals surface area (Å²) in [7, 11) is 0. The van der Waals surface area contributed by atoms with Crippen LogP contribution in [0.25, 0.3) is 0 Å². The summed E-state index contributed by atoms with van der Waals surface area (Å²) in [5.74, 6) is -0.379. The van der Waals surface area contributed by atoms with Gasteiger partial charge in [0.2, 0.25) is 11.8 Å². The summed E-state index contributed by atoms with van der Waals surface area (Å²) in [5.41, 5.74) is 10.3. The highest BCUT2D eigenvalue weighted by atomic mass is 32.1. The molecule has 0 heterocycles. The fourth-order valence-electron chi connectivity index (χ4n) is 2.87. The maximum absolute atomic E-state index is 12.9. The number of carbonyl (C=O) groups excluding carboxylic acids is 2. The number of hydrogen-bond donors (Lipinski definition) is 2. The second-order valence-corrected chi connectivity index (χ2v) is 6.49. The first kappa shape index (κ1) is 16.9. The summed E-state index contributed by atoms with van der Waals surface area (Å²) in [5, 5.41) is 0. The molecule has 4 N–H and O–H groups in total. The van der Waals surface area contributed by atoms with Crippen LogP contribution >= 0.6 is 12.2 Å². The molecule has 1 aliphatic carbocycles. The van der Waals surface area contributed by atoms with Crippen molar-refractivity contribution in [3.63, 3.8) is 0 Å². The standard InChI is InChI=1S/C14H25N3O2S/c1-10(2)8-17(9-11(15)18)13(19)14(12(16)20)6-4-3-5-7-14/h10H,3-9H2,1-2H3,(H2,15,18)(H2,16,20). The molecule has 0 aromatic carbocycles. The van der Waals surface area contributed by atoms with Crippen molar-refractivity contribution in [2.45, 2.75) is 46.0 Å². The molecule has 0 atom stereocenters. The molecule has 20 heavy (non-hydrogen) atoms. The van der Waals surface area contributed by atoms with Gasteiger partial charge >= 0.3 is 0 Å². The van der Waals surface area contributed by atoms with Crippen molar-refractivity contribution in [3.05, 3.63) is 0 Å². The molecule has 2 amide bonds. The van der Waals surface area contributed by atoms with Crippen LogP contribution in [0, 0.1) is 11.3 Å². The molecular weight excluding hydrogens is 274 g/mol. The largest absolute Gasteiger partial charge is 0.392 e. The molecule has 0 saturated heterocycles. The minimum atomic E-state index is -0.780. The molecule has 6 heteroatoms. The predicted molar refractivity (Wildman–Crippen MR) is 82.9 cm³/mol. The molecule has 1 fully saturated rings. The van der Waals surface area contributed by atoms with E-state index in [-0.39, 0.29) is 23.4 Å². The molecule has 0 bridgehead atoms. The first-order valence-electron chi connectivity index (χ1n) is 7.17. The van der Waals surface area contributed by atoms with E-state index in [0.29, 0.717) is 19.4 Å². The van der Waals surface area contributed by atoms with Gasteiger partial charge in [0, 0.05) is 6.54 Å². The number of nitrogens with two attached hydrogens (primary N) is 2. The van der Waals surface area contributed by atoms with Gasteiger partial charge in [0.15, 0.2) is 0 Å². The Morgan fingerprint density at radius 2 is 1.75 bits per heavy atom. The minimum absolute atomic E-state index is 0.0681. The monoisotopic (exact) mass is 299 g/mol. The second-order valence-electron chi connectivity index (χ2n) is 6.05. The number of carbonyl (C=O) groups is 2. The van der Waals surface area contributed by atoms with E-state index in [4.69, 9.17) is 23.7 Å². The maximum atomic E-state index is 12.9. The molecule has 0 aromatic heterocycles. The molecular formula is C14H25N3O2S. The summed E-state index contributed by atoms with van der Waals surface area (Å²) in [6.45, 7) is 4.42. The van der Waals surface area contributed by atoms with Crippen LogP contribution in [0.5, 0.6) is 0 Å². The van der Waals surface area contributed by atoms with Crippen LogP contribution < -0.4 is 11.5 Å². The first-order valence-corrected chi connectivity index (χ1v) is 7.58. The summed E-state index contributed by atoms with van der Waals surface area (Å²) < 4.78 is 0. The van der Waals surface area contributed by atoms with Gasteiger partial charge in [-0.2, -0.15) is 0 Å². The molecule has 0 unspecified atom stereocenters. The zero-order chi connectivity index (χ0) is 15.3. The fourth-order valence-corrected chi connectivity index (χ4v) is 3.16. The van der Waals surface area contributed by atoms with Gasteiger partial charge < -0.3 is 16.4 Å². The van der Waals surface area contributed by atoms with Gasteiger partial charge in [-0.15, -0.1) is 0 Å². The van der Waals surface area contributed by atoms with Crippen LogP contribution in [0.2, 0.25) is 0 Å². The van der Waals surface area contributed by atoms with E-state index < -0.39 is 11.3 Å². The molecule has 0 aliphatic heterocycles. The first-order chi connectivity index (χ1) is 9.29. The molecule has 1 rings (SSSR count). The Morgan fingerprint density at radius 3 is 2.15 bits per heavy atom. The SMILES string of the molecule is CC(C)CN(CC(N)=O)C(=O)C1(C(N)=S)CCCCC1. The lowest BCUT2D eigenvalue weighted by Crippen LogP contribution is -2.54. The number of primary amides is 1. The number of thiocarbonyl (C=S) groups is 1. The zero-order valence-corrected chi connectivity index (χ0v) is 13.2. The van der Waals surface area contributed by atoms with Gasteiger partial charge in [-0.3, -0.25) is 9.59 Å². The summed E-state index contributed by atoms with van der Waals surface area (Å²) in [6.07, 6.45) is 4.32. The molecule has 5 nitrogen and oxygen atoms in total. The highest BCUT2D eigenvalue weighted by molar-refractivity contribution is 7.80. The van der Waals surface area contributed by atoms with Crippen LogP contribution in [0.1, 0.15) is 46.0 Å². The van der Waals surface area contributed by atoms with E-state index in [2.05, 4.69) is 0 Å². The van der Waals surface area contributed by atoms with Crippen LogP contribution in [0.4, 0.5) is 0 Å². The summed E-state index contributed by atoms with van der Waals surface area (Å²) in [6, 6.07) is 0. The Bertz CT molecular complexity index is 390. The molecule has 0 spiro atoms. The highest BCUT2D eigenvalue weighted by Crippen LogP contribution is 2.38. The van der Waals surface area contributed by atoms with Crippen LogP contribution in [0.15, 0.2) is 0 Å². The number of rotatable bonds is 6. The van der Waals surface area contributed by atoms with Crippen molar-refractivity contribution < 1.29 is 9.59 Å². The average Bonchev–Trinajstić information content (AvgIpc) is 2.36. The molecule has 114 valence electrons. The normalized spacial score (nSPS) is 17.8. The van der Waals surface area contributed by atoms with Gasteiger partial charge in [0.25, 0.3) is 0 Å². The highest BCUT2D eigenvalue weighted by Gasteiger charge is 2.44. The summed E-state index contributed by atoms with van der Waals surface area (Å²) in [4.78, 5) is 25.9. The summed E-state index contributed by atoms with van der Waals surface area (Å²) >= 11 is 5.16. The van der Waals surface area contributed by atoms with Crippen molar-refractivity contribution in [2.75, 3.05) is 13.1 Å². The smallest absolute Gasteiger partial charge is 0.237 e. The maximum Gasteiger partial charge on any atom is 0.237 e. The van der Waals surface area contributed by atoms with Crippen LogP contribution in [-0.2, 0) is 9.59 Å². The van der Waals surface area contributed by atoms with E-state index in [9.17, 15) is 9.59 Å². The lowest BCUT2D eigenvalue weighted by atomic mass is 9.72. The van der Waals surface area contributed by atoms with Gasteiger partial charge in [-0.05, 0) is 18.8 Å². The third-order valence-corrected chi connectivity index (χ3v) is 4.20. The molecule has 0 aromatic rings. The lowest BCUT2D eigenvalue weighted by Gasteiger charge is -2.39. The molecule has 1 saturated carbocycles. The van der Waals surface area contributed by atoms with Crippen molar-refractivity contribution in [3.8, 4) is 0 Å². The van der Waals surface area contributed by atoms with Gasteiger partial charge in [-0.1, -0.05) is 45.3 Å². The Kier molecular flexibility index (Phi) is 5.92. The van der Waals surface area contributed by atoms with E-state index >= 15 is 0 Å². The predicted octanol–water partition coefficient (Wildman–Crippen LogP) is 1.19. The van der Waals surface area contributed by atoms with Crippen LogP contribution in [-0.4, -0.2) is 34.8 Å². The van der Waals surface area contributed by atoms with E-state index in [0.717, 1.165) is 19.3 Å². The molecule has 1 aliphatic rings. The van der Waals surface area contributed by atoms with E-state index in [1.807, 2.05) is 13.8 Å². The Labute approximate surface area is 126 Å². The third-order valence-electron chi connectivity index (χ3n) is 3.81. The fraction of sp³-hybridized carbons (Fsp3) is 0.786. The number of hydrogen-bond acceptors (Lipinski definition) is 3. The molecule has 0 radical (unpaired) electrons.